The van der Waals surface area contributed by atoms with Gasteiger partial charge in [-0.25, -0.2) is 4.79 Å². The van der Waals surface area contributed by atoms with Crippen molar-refractivity contribution >= 4 is 75.2 Å². The highest BCUT2D eigenvalue weighted by atomic mass is 35.5. The third-order valence-electron chi connectivity index (χ3n) is 5.31. The summed E-state index contributed by atoms with van der Waals surface area (Å²) in [5.41, 5.74) is 5.71. The molecule has 1 aromatic heterocycles. The van der Waals surface area contributed by atoms with Crippen molar-refractivity contribution in [3.05, 3.63) is 100 Å². The Morgan fingerprint density at radius 2 is 1.54 bits per heavy atom. The summed E-state index contributed by atoms with van der Waals surface area (Å²) in [6.45, 7) is 0. The highest BCUT2D eigenvalue weighted by Crippen LogP contribution is 2.35. The maximum Gasteiger partial charge on any atom is 0.323 e. The molecule has 5 rings (SSSR count). The molecule has 0 saturated carbocycles. The predicted molar refractivity (Wildman–Crippen MR) is 143 cm³/mol. The number of rotatable bonds is 5. The first-order chi connectivity index (χ1) is 16.9. The first kappa shape index (κ1) is 22.6. The smallest absolute Gasteiger partial charge is 0.323 e. The van der Waals surface area contributed by atoms with Gasteiger partial charge < -0.3 is 26.3 Å². The van der Waals surface area contributed by atoms with E-state index in [2.05, 4.69) is 26.3 Å². The molecule has 0 spiro atoms. The number of amides is 3. The minimum absolute atomic E-state index is 0.147. The van der Waals surface area contributed by atoms with Crippen molar-refractivity contribution in [1.82, 2.24) is 4.98 Å². The zero-order chi connectivity index (χ0) is 24.4. The second kappa shape index (κ2) is 9.58. The zero-order valence-corrected chi connectivity index (χ0v) is 19.7. The van der Waals surface area contributed by atoms with Gasteiger partial charge in [0.15, 0.2) is 0 Å². The summed E-state index contributed by atoms with van der Waals surface area (Å²) in [5, 5.41) is 12.5. The number of benzene rings is 3. The van der Waals surface area contributed by atoms with Gasteiger partial charge in [0.05, 0.1) is 21.3 Å². The molecule has 3 amide bonds. The van der Waals surface area contributed by atoms with E-state index >= 15 is 0 Å². The fraction of sp³-hybridized carbons (Fsp3) is 0. The van der Waals surface area contributed by atoms with Crippen LogP contribution in [-0.2, 0) is 4.79 Å². The number of aromatic nitrogens is 1. The molecule has 0 saturated heterocycles. The van der Waals surface area contributed by atoms with Crippen LogP contribution in [0.3, 0.4) is 0 Å². The Bertz CT molecular complexity index is 1460. The predicted octanol–water partition coefficient (Wildman–Crippen LogP) is 7.20. The first-order valence-electron chi connectivity index (χ1n) is 10.7. The van der Waals surface area contributed by atoms with Gasteiger partial charge >= 0.3 is 6.03 Å². The molecule has 0 bridgehead atoms. The summed E-state index contributed by atoms with van der Waals surface area (Å²) in [7, 11) is 0. The molecule has 4 aromatic rings. The number of anilines is 5. The second-order valence-electron chi connectivity index (χ2n) is 7.81. The quantitative estimate of drug-likeness (QED) is 0.186. The molecule has 0 fully saturated rings. The molecular formula is C26H19Cl2N5O2. The number of aromatic amines is 1. The Morgan fingerprint density at radius 3 is 2.31 bits per heavy atom. The van der Waals surface area contributed by atoms with E-state index in [0.717, 1.165) is 28.3 Å². The number of nitrogens with one attached hydrogen (secondary N) is 5. The largest absolute Gasteiger partial charge is 0.362 e. The molecule has 1 aliphatic heterocycles. The molecular weight excluding hydrogens is 485 g/mol. The molecule has 3 aromatic carbocycles. The summed E-state index contributed by atoms with van der Waals surface area (Å²) in [4.78, 5) is 27.9. The molecule has 0 unspecified atom stereocenters. The lowest BCUT2D eigenvalue weighted by Crippen LogP contribution is -2.19. The normalized spacial score (nSPS) is 13.3. The third kappa shape index (κ3) is 5.16. The highest BCUT2D eigenvalue weighted by Gasteiger charge is 2.24. The number of carbonyl (C=O) groups excluding carboxylic acids is 2. The van der Waals surface area contributed by atoms with Crippen LogP contribution in [0.4, 0.5) is 33.2 Å². The fourth-order valence-electron chi connectivity index (χ4n) is 3.71. The van der Waals surface area contributed by atoms with Crippen molar-refractivity contribution < 1.29 is 9.59 Å². The van der Waals surface area contributed by atoms with Gasteiger partial charge in [-0.05, 0) is 66.7 Å². The number of H-pyrrole nitrogens is 1. The lowest BCUT2D eigenvalue weighted by molar-refractivity contribution is -0.110. The van der Waals surface area contributed by atoms with E-state index < -0.39 is 6.03 Å². The maximum atomic E-state index is 12.5. The van der Waals surface area contributed by atoms with Crippen molar-refractivity contribution in [3.63, 3.8) is 0 Å². The van der Waals surface area contributed by atoms with Crippen LogP contribution in [0.5, 0.6) is 0 Å². The topological polar surface area (TPSA) is 98.1 Å². The lowest BCUT2D eigenvalue weighted by Gasteiger charge is -2.12. The summed E-state index contributed by atoms with van der Waals surface area (Å²) >= 11 is 11.9. The van der Waals surface area contributed by atoms with Crippen LogP contribution in [0.15, 0.2) is 79.0 Å². The molecule has 0 aliphatic carbocycles. The average Bonchev–Trinajstić information content (AvgIpc) is 3.44. The van der Waals surface area contributed by atoms with Gasteiger partial charge in [-0.3, -0.25) is 4.79 Å². The maximum absolute atomic E-state index is 12.5. The van der Waals surface area contributed by atoms with Crippen molar-refractivity contribution in [2.75, 3.05) is 21.3 Å². The lowest BCUT2D eigenvalue weighted by atomic mass is 10.1. The second-order valence-corrected chi connectivity index (χ2v) is 8.63. The van der Waals surface area contributed by atoms with Crippen molar-refractivity contribution in [2.24, 2.45) is 0 Å². The van der Waals surface area contributed by atoms with Crippen LogP contribution in [-0.4, -0.2) is 16.9 Å². The van der Waals surface area contributed by atoms with E-state index in [4.69, 9.17) is 23.2 Å². The first-order valence-corrected chi connectivity index (χ1v) is 11.4. The summed E-state index contributed by atoms with van der Waals surface area (Å²) in [6.07, 6.45) is 3.64. The Morgan fingerprint density at radius 1 is 0.800 bits per heavy atom. The van der Waals surface area contributed by atoms with E-state index in [1.54, 1.807) is 30.3 Å². The zero-order valence-electron chi connectivity index (χ0n) is 18.2. The van der Waals surface area contributed by atoms with Gasteiger partial charge in [0.25, 0.3) is 5.91 Å². The van der Waals surface area contributed by atoms with Crippen LogP contribution in [0, 0.1) is 0 Å². The van der Waals surface area contributed by atoms with Gasteiger partial charge in [-0.1, -0.05) is 35.3 Å². The average molecular weight is 504 g/mol. The molecule has 1 aliphatic rings. The minimum Gasteiger partial charge on any atom is -0.362 e. The third-order valence-corrected chi connectivity index (χ3v) is 6.05. The van der Waals surface area contributed by atoms with E-state index in [1.807, 2.05) is 54.7 Å². The van der Waals surface area contributed by atoms with Crippen molar-refractivity contribution in [1.29, 1.82) is 0 Å². The molecule has 2 heterocycles. The SMILES string of the molecule is O=C(Nc1cccc(Nc2ccc3c(c2)NC(=O)C3=Cc2ccc[nH]2)c1)Nc1ccc(Cl)c(Cl)c1. The molecule has 35 heavy (non-hydrogen) atoms. The highest BCUT2D eigenvalue weighted by molar-refractivity contribution is 6.42. The summed E-state index contributed by atoms with van der Waals surface area (Å²) in [6, 6.07) is 21.2. The van der Waals surface area contributed by atoms with E-state index in [1.165, 1.54) is 0 Å². The van der Waals surface area contributed by atoms with Crippen LogP contribution < -0.4 is 21.3 Å². The number of hydrogen-bond donors (Lipinski definition) is 5. The Balaban J connectivity index is 1.27. The van der Waals surface area contributed by atoms with Gasteiger partial charge in [0.1, 0.15) is 0 Å². The van der Waals surface area contributed by atoms with Crippen molar-refractivity contribution in [3.8, 4) is 0 Å². The van der Waals surface area contributed by atoms with Gasteiger partial charge in [-0.15, -0.1) is 0 Å². The van der Waals surface area contributed by atoms with Gasteiger partial charge in [0.2, 0.25) is 0 Å². The molecule has 0 radical (unpaired) electrons. The fourth-order valence-corrected chi connectivity index (χ4v) is 4.01. The number of halogens is 2. The van der Waals surface area contributed by atoms with Gasteiger partial charge in [-0.2, -0.15) is 0 Å². The van der Waals surface area contributed by atoms with E-state index in [-0.39, 0.29) is 5.91 Å². The Labute approximate surface area is 211 Å². The van der Waals surface area contributed by atoms with Crippen LogP contribution in [0.2, 0.25) is 10.0 Å². The standard InChI is InChI=1S/C26H19Cl2N5O2/c27-22-9-7-18(13-23(22)28)32-26(35)31-17-4-1-3-16(11-17)30-19-6-8-20-21(12-15-5-2-10-29-15)25(34)33-24(20)14-19/h1-14,29-30H,(H,33,34)(H2,31,32,35). The number of urea groups is 1. The summed E-state index contributed by atoms with van der Waals surface area (Å²) < 4.78 is 0. The van der Waals surface area contributed by atoms with Crippen LogP contribution in [0.25, 0.3) is 11.6 Å². The summed E-state index contributed by atoms with van der Waals surface area (Å²) in [5.74, 6) is -0.147. The van der Waals surface area contributed by atoms with E-state index in [0.29, 0.717) is 27.0 Å². The Hall–Kier alpha value is -4.20. The minimum atomic E-state index is -0.415. The van der Waals surface area contributed by atoms with Gasteiger partial charge in [0, 0.05) is 40.2 Å². The number of carbonyl (C=O) groups is 2. The molecule has 9 heteroatoms. The number of fused-ring (bicyclic) bond motifs is 1. The van der Waals surface area contributed by atoms with Crippen LogP contribution in [0.1, 0.15) is 11.3 Å². The monoisotopic (exact) mass is 503 g/mol. The molecule has 7 nitrogen and oxygen atoms in total. The van der Waals surface area contributed by atoms with Crippen LogP contribution >= 0.6 is 23.2 Å². The number of hydrogen-bond acceptors (Lipinski definition) is 3. The molecule has 5 N–H and O–H groups in total. The van der Waals surface area contributed by atoms with Crippen molar-refractivity contribution in [2.45, 2.75) is 0 Å². The Kier molecular flexibility index (Phi) is 6.18. The van der Waals surface area contributed by atoms with E-state index in [9.17, 15) is 9.59 Å². The molecule has 0 atom stereocenters. The molecule has 174 valence electrons.